The Hall–Kier alpha value is -1.24. The highest BCUT2D eigenvalue weighted by atomic mass is 16.8. The Bertz CT molecular complexity index is 780. The molecule has 2 aliphatic rings. The summed E-state index contributed by atoms with van der Waals surface area (Å²) in [4.78, 5) is 0. The lowest BCUT2D eigenvalue weighted by Crippen LogP contribution is -2.36. The van der Waals surface area contributed by atoms with Gasteiger partial charge in [-0.05, 0) is 77.0 Å². The smallest absolute Gasteiger partial charge is 0.169 e. The fraction of sp³-hybridized carbons (Fsp3) is 0.814. The summed E-state index contributed by atoms with van der Waals surface area (Å²) in [6.07, 6.45) is 48.6. The molecular weight excluding hydrogens is 596 g/mol. The van der Waals surface area contributed by atoms with Gasteiger partial charge in [-0.2, -0.15) is 0 Å². The van der Waals surface area contributed by atoms with E-state index in [-0.39, 0.29) is 25.4 Å². The minimum Gasteiger partial charge on any atom is -0.394 e. The lowest BCUT2D eigenvalue weighted by Gasteiger charge is -2.31. The summed E-state index contributed by atoms with van der Waals surface area (Å²) in [5.74, 6) is -0.607. The topological polar surface area (TPSA) is 68.2 Å². The fourth-order valence-electron chi connectivity index (χ4n) is 7.03. The van der Waals surface area contributed by atoms with E-state index in [0.717, 1.165) is 38.5 Å². The van der Waals surface area contributed by atoms with Gasteiger partial charge in [0, 0.05) is 12.8 Å². The number of aliphatic hydroxyl groups excluding tert-OH is 2. The third-order valence-corrected chi connectivity index (χ3v) is 9.98. The van der Waals surface area contributed by atoms with Crippen molar-refractivity contribution in [2.75, 3.05) is 13.2 Å². The van der Waals surface area contributed by atoms with Crippen molar-refractivity contribution in [3.63, 3.8) is 0 Å². The first-order valence-electron chi connectivity index (χ1n) is 20.5. The number of unbranched alkanes of at least 4 members (excludes halogenated alkanes) is 18. The van der Waals surface area contributed by atoms with Crippen LogP contribution in [0.4, 0.5) is 0 Å². The largest absolute Gasteiger partial charge is 0.394 e. The van der Waals surface area contributed by atoms with Crippen LogP contribution in [0.25, 0.3) is 0 Å². The Morgan fingerprint density at radius 2 is 0.771 bits per heavy atom. The number of fused-ring (bicyclic) bond motifs is 1. The summed E-state index contributed by atoms with van der Waals surface area (Å²) in [6, 6.07) is 0. The number of allylic oxidation sites excluding steroid dienone is 8. The molecule has 5 nitrogen and oxygen atoms in total. The zero-order chi connectivity index (χ0) is 34.4. The third-order valence-electron chi connectivity index (χ3n) is 9.98. The zero-order valence-corrected chi connectivity index (χ0v) is 31.3. The molecule has 5 heteroatoms. The molecule has 2 saturated heterocycles. The van der Waals surface area contributed by atoms with Crippen molar-refractivity contribution in [3.05, 3.63) is 48.6 Å². The fourth-order valence-corrected chi connectivity index (χ4v) is 7.03. The predicted molar refractivity (Wildman–Crippen MR) is 203 cm³/mol. The summed E-state index contributed by atoms with van der Waals surface area (Å²) in [7, 11) is 0. The maximum Gasteiger partial charge on any atom is 0.169 e. The highest BCUT2D eigenvalue weighted by molar-refractivity contribution is 4.99. The molecule has 0 bridgehead atoms. The summed E-state index contributed by atoms with van der Waals surface area (Å²) in [6.45, 7) is 4.30. The average Bonchev–Trinajstić information content (AvgIpc) is 3.63. The standard InChI is InChI=1S/C43H76O5/c1-3-5-7-9-11-13-15-17-19-21-23-25-27-29-31-33-35-43(47-41-39(37-44)46-40(38-45)42(41)48-43)36-34-32-30-28-26-24-22-20-18-16-14-12-10-8-6-4-2/h11-14,17-20,39-42,44-45H,3-10,15-16,21-38H2,1-2H3/t39-,40+,41-,42-,43?/m1/s1. The number of hydrogen-bond donors (Lipinski definition) is 2. The Morgan fingerprint density at radius 3 is 1.12 bits per heavy atom. The van der Waals surface area contributed by atoms with Crippen LogP contribution >= 0.6 is 0 Å². The number of hydrogen-bond acceptors (Lipinski definition) is 5. The Labute approximate surface area is 296 Å². The molecule has 2 aliphatic heterocycles. The maximum absolute atomic E-state index is 9.89. The first-order chi connectivity index (χ1) is 23.7. The third kappa shape index (κ3) is 19.2. The molecule has 0 saturated carbocycles. The van der Waals surface area contributed by atoms with Crippen molar-refractivity contribution in [2.24, 2.45) is 0 Å². The van der Waals surface area contributed by atoms with Crippen LogP contribution in [0.3, 0.4) is 0 Å². The summed E-state index contributed by atoms with van der Waals surface area (Å²) in [5.41, 5.74) is 0. The maximum atomic E-state index is 9.89. The van der Waals surface area contributed by atoms with E-state index < -0.39 is 18.0 Å². The highest BCUT2D eigenvalue weighted by Crippen LogP contribution is 2.44. The first-order valence-corrected chi connectivity index (χ1v) is 20.5. The number of rotatable bonds is 32. The minimum absolute atomic E-state index is 0.104. The monoisotopic (exact) mass is 673 g/mol. The van der Waals surface area contributed by atoms with E-state index in [1.54, 1.807) is 0 Å². The molecule has 2 heterocycles. The second-order valence-electron chi connectivity index (χ2n) is 14.3. The molecule has 0 aliphatic carbocycles. The predicted octanol–water partition coefficient (Wildman–Crippen LogP) is 11.6. The molecule has 278 valence electrons. The molecule has 48 heavy (non-hydrogen) atoms. The molecule has 2 N–H and O–H groups in total. The highest BCUT2D eigenvalue weighted by Gasteiger charge is 2.57. The molecule has 0 aromatic rings. The number of ether oxygens (including phenoxy) is 3. The van der Waals surface area contributed by atoms with Gasteiger partial charge in [0.1, 0.15) is 24.4 Å². The Morgan fingerprint density at radius 1 is 0.438 bits per heavy atom. The van der Waals surface area contributed by atoms with E-state index in [9.17, 15) is 10.2 Å². The van der Waals surface area contributed by atoms with Gasteiger partial charge < -0.3 is 24.4 Å². The van der Waals surface area contributed by atoms with Crippen LogP contribution in [0.15, 0.2) is 48.6 Å². The van der Waals surface area contributed by atoms with E-state index in [4.69, 9.17) is 14.2 Å². The SMILES string of the molecule is CCCCCC=CCC=CCCCCCCCCC1(CCCCCCCCC=CCC=CCCCCC)O[C@H]2[C@H](O1)[C@@H](CO)O[C@H]2CO. The van der Waals surface area contributed by atoms with Crippen molar-refractivity contribution in [1.82, 2.24) is 0 Å². The van der Waals surface area contributed by atoms with E-state index >= 15 is 0 Å². The molecule has 2 fully saturated rings. The summed E-state index contributed by atoms with van der Waals surface area (Å²) in [5, 5.41) is 19.8. The molecule has 0 spiro atoms. The van der Waals surface area contributed by atoms with Crippen LogP contribution in [-0.2, 0) is 14.2 Å². The molecule has 0 radical (unpaired) electrons. The van der Waals surface area contributed by atoms with Gasteiger partial charge >= 0.3 is 0 Å². The van der Waals surface area contributed by atoms with Crippen LogP contribution in [-0.4, -0.2) is 53.6 Å². The summed E-state index contributed by atoms with van der Waals surface area (Å²) >= 11 is 0. The van der Waals surface area contributed by atoms with Crippen molar-refractivity contribution >= 4 is 0 Å². The molecule has 0 aromatic heterocycles. The Balaban J connectivity index is 1.60. The van der Waals surface area contributed by atoms with Gasteiger partial charge in [-0.1, -0.05) is 140 Å². The van der Waals surface area contributed by atoms with Gasteiger partial charge in [-0.25, -0.2) is 0 Å². The van der Waals surface area contributed by atoms with Crippen molar-refractivity contribution < 1.29 is 24.4 Å². The van der Waals surface area contributed by atoms with Crippen LogP contribution in [0.5, 0.6) is 0 Å². The van der Waals surface area contributed by atoms with Gasteiger partial charge in [-0.15, -0.1) is 0 Å². The van der Waals surface area contributed by atoms with Crippen molar-refractivity contribution in [1.29, 1.82) is 0 Å². The van der Waals surface area contributed by atoms with Crippen LogP contribution in [0.2, 0.25) is 0 Å². The second-order valence-corrected chi connectivity index (χ2v) is 14.3. The molecule has 0 amide bonds. The molecule has 0 unspecified atom stereocenters. The quantitative estimate of drug-likeness (QED) is 0.0550. The zero-order valence-electron chi connectivity index (χ0n) is 31.3. The number of aliphatic hydroxyl groups is 2. The first kappa shape index (κ1) is 42.9. The van der Waals surface area contributed by atoms with Crippen molar-refractivity contribution in [2.45, 2.75) is 211 Å². The second kappa shape index (κ2) is 29.5. The minimum atomic E-state index is -0.607. The molecular formula is C43H76O5. The summed E-state index contributed by atoms with van der Waals surface area (Å²) < 4.78 is 19.1. The van der Waals surface area contributed by atoms with E-state index in [2.05, 4.69) is 62.5 Å². The molecule has 2 rings (SSSR count). The van der Waals surface area contributed by atoms with E-state index in [0.29, 0.717) is 0 Å². The van der Waals surface area contributed by atoms with E-state index in [1.165, 1.54) is 128 Å². The van der Waals surface area contributed by atoms with Crippen LogP contribution in [0.1, 0.15) is 181 Å². The molecule has 0 aromatic carbocycles. The van der Waals surface area contributed by atoms with Crippen molar-refractivity contribution in [3.8, 4) is 0 Å². The molecule has 4 atom stereocenters. The van der Waals surface area contributed by atoms with Gasteiger partial charge in [0.15, 0.2) is 5.79 Å². The normalized spacial score (nSPS) is 24.4. The Kier molecular flexibility index (Phi) is 26.4. The lowest BCUT2D eigenvalue weighted by atomic mass is 9.98. The van der Waals surface area contributed by atoms with Crippen LogP contribution in [0, 0.1) is 0 Å². The average molecular weight is 673 g/mol. The van der Waals surface area contributed by atoms with Gasteiger partial charge in [-0.3, -0.25) is 0 Å². The van der Waals surface area contributed by atoms with E-state index in [1.807, 2.05) is 0 Å². The lowest BCUT2D eigenvalue weighted by molar-refractivity contribution is -0.222. The van der Waals surface area contributed by atoms with Crippen LogP contribution < -0.4 is 0 Å². The van der Waals surface area contributed by atoms with Gasteiger partial charge in [0.2, 0.25) is 0 Å². The van der Waals surface area contributed by atoms with Gasteiger partial charge in [0.05, 0.1) is 13.2 Å². The van der Waals surface area contributed by atoms with Gasteiger partial charge in [0.25, 0.3) is 0 Å².